The molecule has 3 aromatic rings. The van der Waals surface area contributed by atoms with Crippen molar-refractivity contribution >= 4 is 10.9 Å². The molecule has 0 saturated carbocycles. The Hall–Kier alpha value is -2.53. The Morgan fingerprint density at radius 2 is 1.81 bits per heavy atom. The molecule has 0 unspecified atom stereocenters. The molecular formula is C19H18N2. The number of fused-ring (bicyclic) bond motifs is 1. The normalized spacial score (nSPS) is 10.6. The second kappa shape index (κ2) is 6.28. The smallest absolute Gasteiger partial charge is 0.0992 e. The maximum atomic E-state index is 9.01. The molecule has 0 aliphatic rings. The van der Waals surface area contributed by atoms with E-state index < -0.39 is 0 Å². The number of aryl methyl sites for hydroxylation is 2. The van der Waals surface area contributed by atoms with E-state index in [4.69, 9.17) is 5.26 Å². The summed E-state index contributed by atoms with van der Waals surface area (Å²) in [4.78, 5) is 0. The highest BCUT2D eigenvalue weighted by molar-refractivity contribution is 5.81. The van der Waals surface area contributed by atoms with E-state index in [1.807, 2.05) is 18.2 Å². The number of hydrogen-bond acceptors (Lipinski definition) is 1. The van der Waals surface area contributed by atoms with Crippen molar-refractivity contribution in [2.24, 2.45) is 0 Å². The molecule has 0 bridgehead atoms. The van der Waals surface area contributed by atoms with Gasteiger partial charge in [0.15, 0.2) is 0 Å². The Labute approximate surface area is 125 Å². The first kappa shape index (κ1) is 13.5. The lowest BCUT2D eigenvalue weighted by Crippen LogP contribution is -1.97. The van der Waals surface area contributed by atoms with Gasteiger partial charge in [0.05, 0.1) is 11.6 Å². The van der Waals surface area contributed by atoms with Crippen molar-refractivity contribution in [3.8, 4) is 6.07 Å². The van der Waals surface area contributed by atoms with Crippen LogP contribution in [0.3, 0.4) is 0 Å². The highest BCUT2D eigenvalue weighted by Crippen LogP contribution is 2.18. The third-order valence-corrected chi connectivity index (χ3v) is 3.86. The van der Waals surface area contributed by atoms with Gasteiger partial charge in [0.25, 0.3) is 0 Å². The number of nitrogens with zero attached hydrogens (tertiary/aromatic N) is 2. The number of aromatic nitrogens is 1. The molecule has 0 amide bonds. The minimum atomic E-state index is 0.728. The second-order valence-electron chi connectivity index (χ2n) is 5.34. The van der Waals surface area contributed by atoms with Gasteiger partial charge in [-0.25, -0.2) is 0 Å². The lowest BCUT2D eigenvalue weighted by atomic mass is 10.1. The van der Waals surface area contributed by atoms with E-state index >= 15 is 0 Å². The van der Waals surface area contributed by atoms with Crippen molar-refractivity contribution < 1.29 is 0 Å². The van der Waals surface area contributed by atoms with Crippen LogP contribution in [0.5, 0.6) is 0 Å². The number of hydrogen-bond donors (Lipinski definition) is 0. The van der Waals surface area contributed by atoms with Crippen molar-refractivity contribution in [3.63, 3.8) is 0 Å². The van der Waals surface area contributed by atoms with E-state index in [2.05, 4.69) is 53.2 Å². The highest BCUT2D eigenvalue weighted by Gasteiger charge is 2.02. The minimum Gasteiger partial charge on any atom is -0.347 e. The van der Waals surface area contributed by atoms with Gasteiger partial charge in [-0.1, -0.05) is 36.4 Å². The molecule has 1 aromatic heterocycles. The van der Waals surface area contributed by atoms with Gasteiger partial charge in [0, 0.05) is 18.3 Å². The number of unbranched alkanes of at least 4 members (excludes halogenated alkanes) is 1. The third-order valence-electron chi connectivity index (χ3n) is 3.86. The Morgan fingerprint density at radius 1 is 0.952 bits per heavy atom. The SMILES string of the molecule is N#Cc1ccc2ccn(CCCCc3ccccc3)c2c1. The van der Waals surface area contributed by atoms with E-state index in [9.17, 15) is 0 Å². The molecule has 0 radical (unpaired) electrons. The molecule has 0 N–H and O–H groups in total. The van der Waals surface area contributed by atoms with Crippen molar-refractivity contribution in [2.45, 2.75) is 25.8 Å². The molecule has 0 atom stereocenters. The van der Waals surface area contributed by atoms with Crippen molar-refractivity contribution in [1.82, 2.24) is 4.57 Å². The highest BCUT2D eigenvalue weighted by atomic mass is 14.9. The lowest BCUT2D eigenvalue weighted by Gasteiger charge is -2.06. The summed E-state index contributed by atoms with van der Waals surface area (Å²) in [7, 11) is 0. The molecule has 21 heavy (non-hydrogen) atoms. The Bertz CT molecular complexity index is 763. The van der Waals surface area contributed by atoms with Crippen LogP contribution in [0.4, 0.5) is 0 Å². The van der Waals surface area contributed by atoms with E-state index in [1.54, 1.807) is 0 Å². The van der Waals surface area contributed by atoms with Crippen LogP contribution in [-0.4, -0.2) is 4.57 Å². The summed E-state index contributed by atoms with van der Waals surface area (Å²) in [5, 5.41) is 10.2. The molecule has 2 aromatic carbocycles. The summed E-state index contributed by atoms with van der Waals surface area (Å²) < 4.78 is 2.25. The first-order valence-electron chi connectivity index (χ1n) is 7.40. The average Bonchev–Trinajstić information content (AvgIpc) is 2.95. The lowest BCUT2D eigenvalue weighted by molar-refractivity contribution is 0.624. The molecule has 2 nitrogen and oxygen atoms in total. The van der Waals surface area contributed by atoms with Crippen molar-refractivity contribution in [2.75, 3.05) is 0 Å². The van der Waals surface area contributed by atoms with Gasteiger partial charge in [-0.3, -0.25) is 0 Å². The zero-order valence-electron chi connectivity index (χ0n) is 12.0. The predicted molar refractivity (Wildman–Crippen MR) is 86.0 cm³/mol. The van der Waals surface area contributed by atoms with Crippen LogP contribution < -0.4 is 0 Å². The van der Waals surface area contributed by atoms with Gasteiger partial charge in [-0.15, -0.1) is 0 Å². The van der Waals surface area contributed by atoms with Crippen LogP contribution in [0.2, 0.25) is 0 Å². The Kier molecular flexibility index (Phi) is 4.02. The molecule has 1 heterocycles. The number of benzene rings is 2. The first-order valence-corrected chi connectivity index (χ1v) is 7.40. The quantitative estimate of drug-likeness (QED) is 0.628. The fraction of sp³-hybridized carbons (Fsp3) is 0.211. The molecule has 0 aliphatic heterocycles. The maximum absolute atomic E-state index is 9.01. The zero-order valence-corrected chi connectivity index (χ0v) is 12.0. The van der Waals surface area contributed by atoms with Crippen molar-refractivity contribution in [3.05, 3.63) is 71.9 Å². The third kappa shape index (κ3) is 3.14. The fourth-order valence-electron chi connectivity index (χ4n) is 2.70. The monoisotopic (exact) mass is 274 g/mol. The van der Waals surface area contributed by atoms with Crippen LogP contribution >= 0.6 is 0 Å². The maximum Gasteiger partial charge on any atom is 0.0992 e. The summed E-state index contributed by atoms with van der Waals surface area (Å²) in [5.41, 5.74) is 3.29. The largest absolute Gasteiger partial charge is 0.347 e. The summed E-state index contributed by atoms with van der Waals surface area (Å²) in [6, 6.07) is 20.8. The summed E-state index contributed by atoms with van der Waals surface area (Å²) in [6.07, 6.45) is 5.58. The summed E-state index contributed by atoms with van der Waals surface area (Å²) >= 11 is 0. The van der Waals surface area contributed by atoms with E-state index in [0.29, 0.717) is 0 Å². The summed E-state index contributed by atoms with van der Waals surface area (Å²) in [5.74, 6) is 0. The predicted octanol–water partition coefficient (Wildman–Crippen LogP) is 4.54. The van der Waals surface area contributed by atoms with Crippen molar-refractivity contribution in [1.29, 1.82) is 5.26 Å². The molecule has 0 aliphatic carbocycles. The molecule has 104 valence electrons. The summed E-state index contributed by atoms with van der Waals surface area (Å²) in [6.45, 7) is 1.01. The van der Waals surface area contributed by atoms with Crippen LogP contribution in [-0.2, 0) is 13.0 Å². The van der Waals surface area contributed by atoms with Gasteiger partial charge in [0.1, 0.15) is 0 Å². The molecule has 3 rings (SSSR count). The standard InChI is InChI=1S/C19H18N2/c20-15-17-9-10-18-11-13-21(19(18)14-17)12-5-4-8-16-6-2-1-3-7-16/h1-3,6-7,9-11,13-14H,4-5,8,12H2. The minimum absolute atomic E-state index is 0.728. The van der Waals surface area contributed by atoms with E-state index in [0.717, 1.165) is 30.5 Å². The average molecular weight is 274 g/mol. The number of nitriles is 1. The van der Waals surface area contributed by atoms with E-state index in [1.165, 1.54) is 17.4 Å². The van der Waals surface area contributed by atoms with Gasteiger partial charge >= 0.3 is 0 Å². The number of rotatable bonds is 5. The zero-order chi connectivity index (χ0) is 14.5. The second-order valence-corrected chi connectivity index (χ2v) is 5.34. The Morgan fingerprint density at radius 3 is 2.62 bits per heavy atom. The molecule has 0 saturated heterocycles. The molecule has 0 spiro atoms. The van der Waals surface area contributed by atoms with Gasteiger partial charge in [-0.05, 0) is 48.4 Å². The fourth-order valence-corrected chi connectivity index (χ4v) is 2.70. The van der Waals surface area contributed by atoms with Gasteiger partial charge in [0.2, 0.25) is 0 Å². The molecular weight excluding hydrogens is 256 g/mol. The van der Waals surface area contributed by atoms with Crippen LogP contribution in [0.25, 0.3) is 10.9 Å². The molecule has 2 heteroatoms. The van der Waals surface area contributed by atoms with E-state index in [-0.39, 0.29) is 0 Å². The Balaban J connectivity index is 1.62. The van der Waals surface area contributed by atoms with Gasteiger partial charge in [-0.2, -0.15) is 5.26 Å². The van der Waals surface area contributed by atoms with Crippen LogP contribution in [0.1, 0.15) is 24.0 Å². The first-order chi connectivity index (χ1) is 10.4. The van der Waals surface area contributed by atoms with Crippen LogP contribution in [0.15, 0.2) is 60.8 Å². The molecule has 0 fully saturated rings. The van der Waals surface area contributed by atoms with Gasteiger partial charge < -0.3 is 4.57 Å². The van der Waals surface area contributed by atoms with Crippen LogP contribution in [0, 0.1) is 11.3 Å². The topological polar surface area (TPSA) is 28.7 Å².